The third-order valence-electron chi connectivity index (χ3n) is 4.33. The second-order valence-electron chi connectivity index (χ2n) is 6.40. The Hall–Kier alpha value is -4.20. The summed E-state index contributed by atoms with van der Waals surface area (Å²) in [4.78, 5) is 24.5. The minimum absolute atomic E-state index is 0.0192. The molecule has 0 spiro atoms. The van der Waals surface area contributed by atoms with Gasteiger partial charge in [-0.3, -0.25) is 4.79 Å². The van der Waals surface area contributed by atoms with Crippen LogP contribution in [0.15, 0.2) is 60.7 Å². The van der Waals surface area contributed by atoms with Gasteiger partial charge in [0.15, 0.2) is 6.10 Å². The molecule has 3 aromatic carbocycles. The Labute approximate surface area is 166 Å². The quantitative estimate of drug-likeness (QED) is 0.315. The maximum Gasteiger partial charge on any atom is 0.335 e. The van der Waals surface area contributed by atoms with Crippen molar-refractivity contribution in [3.8, 4) is 5.75 Å². The predicted octanol–water partition coefficient (Wildman–Crippen LogP) is 2.72. The van der Waals surface area contributed by atoms with Gasteiger partial charge in [0.1, 0.15) is 5.75 Å². The molecule has 1 atom stereocenters. The molecule has 148 valence electrons. The summed E-state index contributed by atoms with van der Waals surface area (Å²) in [6.45, 7) is 0. The van der Waals surface area contributed by atoms with Crippen molar-refractivity contribution in [3.63, 3.8) is 0 Å². The third-order valence-corrected chi connectivity index (χ3v) is 4.33. The number of hydrogen-bond donors (Lipinski definition) is 5. The second kappa shape index (κ2) is 7.81. The lowest BCUT2D eigenvalue weighted by molar-refractivity contribution is 0.0697. The van der Waals surface area contributed by atoms with Gasteiger partial charge in [0.25, 0.3) is 0 Å². The van der Waals surface area contributed by atoms with Crippen molar-refractivity contribution in [2.24, 2.45) is 0 Å². The summed E-state index contributed by atoms with van der Waals surface area (Å²) >= 11 is 0. The number of nitrogens with two attached hydrogens (primary N) is 4. The molecule has 0 bridgehead atoms. The molecule has 1 unspecified atom stereocenters. The Morgan fingerprint density at radius 3 is 1.97 bits per heavy atom. The van der Waals surface area contributed by atoms with E-state index in [0.29, 0.717) is 11.3 Å². The van der Waals surface area contributed by atoms with Gasteiger partial charge in [-0.15, -0.1) is 0 Å². The molecule has 29 heavy (non-hydrogen) atoms. The molecule has 0 aliphatic heterocycles. The summed E-state index contributed by atoms with van der Waals surface area (Å²) in [6.07, 6.45) is -1.24. The summed E-state index contributed by atoms with van der Waals surface area (Å²) in [5.41, 5.74) is 25.0. The first-order valence-corrected chi connectivity index (χ1v) is 8.61. The minimum atomic E-state index is -1.24. The van der Waals surface area contributed by atoms with Crippen LogP contribution in [0.1, 0.15) is 32.4 Å². The number of hydrogen-bond acceptors (Lipinski definition) is 7. The molecule has 0 aliphatic carbocycles. The van der Waals surface area contributed by atoms with Gasteiger partial charge in [-0.05, 0) is 30.3 Å². The lowest BCUT2D eigenvalue weighted by atomic mass is 9.95. The van der Waals surface area contributed by atoms with Crippen molar-refractivity contribution in [1.29, 1.82) is 0 Å². The van der Waals surface area contributed by atoms with Crippen LogP contribution in [0, 0.1) is 0 Å². The van der Waals surface area contributed by atoms with E-state index in [9.17, 15) is 14.7 Å². The van der Waals surface area contributed by atoms with Gasteiger partial charge in [0, 0.05) is 28.2 Å². The maximum atomic E-state index is 13.2. The Bertz CT molecular complexity index is 1060. The van der Waals surface area contributed by atoms with Gasteiger partial charge in [-0.1, -0.05) is 30.3 Å². The monoisotopic (exact) mass is 392 g/mol. The summed E-state index contributed by atoms with van der Waals surface area (Å²) < 4.78 is 5.93. The SMILES string of the molecule is Nc1ccc(OC(C(=O)c2ccccc2)c2c(N)cc(C(=O)O)cc2N)c(N)c1. The van der Waals surface area contributed by atoms with E-state index in [2.05, 4.69) is 0 Å². The van der Waals surface area contributed by atoms with E-state index < -0.39 is 17.9 Å². The fourth-order valence-electron chi connectivity index (χ4n) is 2.92. The molecule has 0 aromatic heterocycles. The Morgan fingerprint density at radius 1 is 0.793 bits per heavy atom. The fourth-order valence-corrected chi connectivity index (χ4v) is 2.92. The Balaban J connectivity index is 2.13. The number of ketones is 1. The highest BCUT2D eigenvalue weighted by Crippen LogP contribution is 2.36. The second-order valence-corrected chi connectivity index (χ2v) is 6.40. The van der Waals surface area contributed by atoms with Gasteiger partial charge in [-0.2, -0.15) is 0 Å². The third kappa shape index (κ3) is 4.06. The summed E-state index contributed by atoms with van der Waals surface area (Å²) in [5.74, 6) is -1.39. The number of rotatable bonds is 6. The first kappa shape index (κ1) is 19.6. The minimum Gasteiger partial charge on any atom is -0.478 e. The summed E-state index contributed by atoms with van der Waals surface area (Å²) in [5, 5.41) is 9.21. The zero-order valence-electron chi connectivity index (χ0n) is 15.3. The van der Waals surface area contributed by atoms with Crippen molar-refractivity contribution in [3.05, 3.63) is 77.4 Å². The zero-order chi connectivity index (χ0) is 21.1. The van der Waals surface area contributed by atoms with E-state index in [4.69, 9.17) is 27.7 Å². The number of anilines is 4. The molecular weight excluding hydrogens is 372 g/mol. The van der Waals surface area contributed by atoms with E-state index in [0.717, 1.165) is 0 Å². The first-order valence-electron chi connectivity index (χ1n) is 8.61. The van der Waals surface area contributed by atoms with Crippen molar-refractivity contribution in [1.82, 2.24) is 0 Å². The number of ether oxygens (including phenoxy) is 1. The zero-order valence-corrected chi connectivity index (χ0v) is 15.3. The highest BCUT2D eigenvalue weighted by atomic mass is 16.5. The Kier molecular flexibility index (Phi) is 5.27. The van der Waals surface area contributed by atoms with E-state index in [1.165, 1.54) is 24.3 Å². The molecular formula is C21H20N4O4. The molecule has 9 N–H and O–H groups in total. The number of carboxylic acid groups (broad SMARTS) is 1. The fraction of sp³-hybridized carbons (Fsp3) is 0.0476. The molecule has 0 saturated carbocycles. The number of carbonyl (C=O) groups is 2. The normalized spacial score (nSPS) is 11.6. The lowest BCUT2D eigenvalue weighted by Gasteiger charge is -2.23. The average Bonchev–Trinajstić information content (AvgIpc) is 2.68. The molecule has 3 aromatic rings. The van der Waals surface area contributed by atoms with Crippen LogP contribution in [0.25, 0.3) is 0 Å². The van der Waals surface area contributed by atoms with Gasteiger partial charge in [0.2, 0.25) is 5.78 Å². The van der Waals surface area contributed by atoms with E-state index in [-0.39, 0.29) is 33.9 Å². The standard InChI is InChI=1S/C21H20N4O4/c22-13-6-7-17(14(23)10-13)29-20(19(26)11-4-2-1-3-5-11)18-15(24)8-12(21(27)28)9-16(18)25/h1-10,20H,22-25H2,(H,27,28). The number of carbonyl (C=O) groups excluding carboxylic acids is 1. The summed E-state index contributed by atoms with van der Waals surface area (Å²) in [7, 11) is 0. The maximum absolute atomic E-state index is 13.2. The summed E-state index contributed by atoms with van der Waals surface area (Å²) in [6, 6.07) is 15.5. The van der Waals surface area contributed by atoms with Crippen molar-refractivity contribution < 1.29 is 19.4 Å². The largest absolute Gasteiger partial charge is 0.478 e. The van der Waals surface area contributed by atoms with E-state index >= 15 is 0 Å². The molecule has 3 rings (SSSR count). The molecule has 0 heterocycles. The van der Waals surface area contributed by atoms with Crippen LogP contribution in [0.5, 0.6) is 5.75 Å². The number of benzene rings is 3. The molecule has 0 aliphatic rings. The van der Waals surface area contributed by atoms with Crippen LogP contribution in [0.4, 0.5) is 22.7 Å². The van der Waals surface area contributed by atoms with Crippen LogP contribution in [0.3, 0.4) is 0 Å². The van der Waals surface area contributed by atoms with E-state index in [1.54, 1.807) is 36.4 Å². The van der Waals surface area contributed by atoms with E-state index in [1.807, 2.05) is 0 Å². The predicted molar refractivity (Wildman–Crippen MR) is 112 cm³/mol. The van der Waals surface area contributed by atoms with Gasteiger partial charge in [0.05, 0.1) is 11.3 Å². The smallest absolute Gasteiger partial charge is 0.335 e. The van der Waals surface area contributed by atoms with Crippen molar-refractivity contribution in [2.75, 3.05) is 22.9 Å². The van der Waals surface area contributed by atoms with Crippen LogP contribution in [-0.2, 0) is 0 Å². The van der Waals surface area contributed by atoms with Crippen LogP contribution in [0.2, 0.25) is 0 Å². The van der Waals surface area contributed by atoms with Crippen LogP contribution >= 0.6 is 0 Å². The average molecular weight is 392 g/mol. The molecule has 0 fully saturated rings. The molecule has 0 radical (unpaired) electrons. The number of aromatic carboxylic acids is 1. The molecule has 0 saturated heterocycles. The highest BCUT2D eigenvalue weighted by molar-refractivity contribution is 6.02. The number of carboxylic acids is 1. The molecule has 0 amide bonds. The molecule has 8 heteroatoms. The van der Waals surface area contributed by atoms with Crippen molar-refractivity contribution >= 4 is 34.5 Å². The topological polar surface area (TPSA) is 168 Å². The lowest BCUT2D eigenvalue weighted by Crippen LogP contribution is -2.22. The first-order chi connectivity index (χ1) is 13.8. The van der Waals surface area contributed by atoms with Crippen LogP contribution in [-0.4, -0.2) is 16.9 Å². The molecule has 8 nitrogen and oxygen atoms in total. The van der Waals surface area contributed by atoms with Gasteiger partial charge >= 0.3 is 5.97 Å². The highest BCUT2D eigenvalue weighted by Gasteiger charge is 2.29. The van der Waals surface area contributed by atoms with Crippen molar-refractivity contribution in [2.45, 2.75) is 6.10 Å². The van der Waals surface area contributed by atoms with Crippen LogP contribution < -0.4 is 27.7 Å². The Morgan fingerprint density at radius 2 is 1.41 bits per heavy atom. The van der Waals surface area contributed by atoms with Gasteiger partial charge < -0.3 is 32.8 Å². The van der Waals surface area contributed by atoms with Gasteiger partial charge in [-0.25, -0.2) is 4.79 Å². The number of nitrogen functional groups attached to an aromatic ring is 4. The number of Topliss-reactive ketones (excluding diaryl/α,β-unsaturated/α-hetero) is 1.